The Morgan fingerprint density at radius 1 is 0.329 bits per heavy atom. The van der Waals surface area contributed by atoms with E-state index in [0.29, 0.717) is 0 Å². The first-order chi connectivity index (χ1) is 34.7. The Balaban J connectivity index is 0.895. The maximum atomic E-state index is 6.13. The normalized spacial score (nSPS) is 12.7. The average molecular weight is 910 g/mol. The summed E-state index contributed by atoms with van der Waals surface area (Å²) >= 11 is 1.86. The van der Waals surface area contributed by atoms with Crippen LogP contribution in [0.25, 0.3) is 86.6 Å². The number of hydrogen-bond donors (Lipinski definition) is 0. The molecule has 14 rings (SSSR count). The van der Waals surface area contributed by atoms with E-state index in [4.69, 9.17) is 4.42 Å². The topological polar surface area (TPSA) is 16.4 Å². The van der Waals surface area contributed by atoms with Crippen LogP contribution in [-0.2, 0) is 5.41 Å². The summed E-state index contributed by atoms with van der Waals surface area (Å²) in [6.45, 7) is 0. The minimum Gasteiger partial charge on any atom is -0.456 e. The van der Waals surface area contributed by atoms with Crippen LogP contribution in [0.15, 0.2) is 265 Å². The molecule has 3 heteroatoms. The van der Waals surface area contributed by atoms with Crippen LogP contribution >= 0.6 is 11.3 Å². The Hall–Kier alpha value is -8.76. The monoisotopic (exact) mass is 909 g/mol. The summed E-state index contributed by atoms with van der Waals surface area (Å²) in [5.41, 5.74) is 19.3. The number of fused-ring (bicyclic) bond motifs is 9. The van der Waals surface area contributed by atoms with Crippen molar-refractivity contribution in [1.82, 2.24) is 0 Å². The lowest BCUT2D eigenvalue weighted by molar-refractivity contribution is 0.669. The zero-order valence-corrected chi connectivity index (χ0v) is 38.9. The van der Waals surface area contributed by atoms with E-state index >= 15 is 0 Å². The van der Waals surface area contributed by atoms with Crippen LogP contribution in [0.1, 0.15) is 22.3 Å². The smallest absolute Gasteiger partial charge is 0.135 e. The predicted octanol–water partition coefficient (Wildman–Crippen LogP) is 18.8. The van der Waals surface area contributed by atoms with Crippen LogP contribution in [0.3, 0.4) is 0 Å². The number of para-hydroxylation sites is 1. The summed E-state index contributed by atoms with van der Waals surface area (Å²) in [4.78, 5) is 2.46. The quantitative estimate of drug-likeness (QED) is 0.151. The highest BCUT2D eigenvalue weighted by Crippen LogP contribution is 2.59. The molecule has 0 unspecified atom stereocenters. The van der Waals surface area contributed by atoms with Gasteiger partial charge in [0, 0.05) is 47.9 Å². The van der Waals surface area contributed by atoms with Crippen molar-refractivity contribution >= 4 is 70.5 Å². The third-order valence-corrected chi connectivity index (χ3v) is 15.7. The van der Waals surface area contributed by atoms with E-state index < -0.39 is 5.41 Å². The summed E-state index contributed by atoms with van der Waals surface area (Å²) < 4.78 is 8.76. The summed E-state index contributed by atoms with van der Waals surface area (Å²) in [5.74, 6) is 0. The molecule has 0 N–H and O–H groups in total. The number of benzene rings is 11. The summed E-state index contributed by atoms with van der Waals surface area (Å²) in [7, 11) is 0. The van der Waals surface area contributed by atoms with Gasteiger partial charge in [-0.15, -0.1) is 11.3 Å². The molecule has 0 bridgehead atoms. The van der Waals surface area contributed by atoms with Crippen LogP contribution in [-0.4, -0.2) is 0 Å². The molecule has 1 aliphatic rings. The van der Waals surface area contributed by atoms with Gasteiger partial charge in [0.25, 0.3) is 0 Å². The van der Waals surface area contributed by atoms with Crippen molar-refractivity contribution < 1.29 is 4.42 Å². The molecule has 0 amide bonds. The summed E-state index contributed by atoms with van der Waals surface area (Å²) in [5, 5.41) is 4.90. The first-order valence-electron chi connectivity index (χ1n) is 24.0. The minimum absolute atomic E-state index is 0.515. The molecule has 0 saturated carbocycles. The van der Waals surface area contributed by atoms with Gasteiger partial charge in [-0.25, -0.2) is 0 Å². The fourth-order valence-electron chi connectivity index (χ4n) is 11.4. The van der Waals surface area contributed by atoms with Crippen LogP contribution in [0, 0.1) is 0 Å². The first-order valence-corrected chi connectivity index (χ1v) is 24.8. The van der Waals surface area contributed by atoms with Gasteiger partial charge in [0.1, 0.15) is 11.2 Å². The standard InChI is InChI=1S/C67H43NOS/c1-3-14-50(15-4-1)67(51-16-5-2-6-17-51)59-21-10-7-20-56(59)66-60(67)22-13-23-61(66)68(53-38-32-47(33-39-53)49-35-41-65-58(43-49)55-19-9-12-25-64(55)70-65)52-36-30-45(31-37-52)44-26-28-46(29-27-44)48-34-40-63-57(42-48)54-18-8-11-24-62(54)69-63/h1-43H. The second-order valence-electron chi connectivity index (χ2n) is 18.4. The van der Waals surface area contributed by atoms with E-state index in [2.05, 4.69) is 254 Å². The van der Waals surface area contributed by atoms with Crippen LogP contribution in [0.5, 0.6) is 0 Å². The molecule has 2 heterocycles. The molecule has 0 spiro atoms. The van der Waals surface area contributed by atoms with E-state index in [1.165, 1.54) is 81.4 Å². The van der Waals surface area contributed by atoms with Crippen LogP contribution in [0.4, 0.5) is 17.1 Å². The number of thiophene rings is 1. The molecule has 2 aromatic heterocycles. The van der Waals surface area contributed by atoms with Crippen molar-refractivity contribution in [3.05, 3.63) is 283 Å². The molecule has 1 aliphatic carbocycles. The SMILES string of the molecule is c1ccc(C2(c3ccccc3)c3ccccc3-c3c(N(c4ccc(-c5ccc(-c6ccc7oc8ccccc8c7c6)cc5)cc4)c4ccc(-c5ccc6sc7ccccc7c6c5)cc4)cccc32)cc1. The highest BCUT2D eigenvalue weighted by atomic mass is 32.1. The maximum Gasteiger partial charge on any atom is 0.135 e. The zero-order chi connectivity index (χ0) is 46.2. The molecule has 11 aromatic carbocycles. The van der Waals surface area contributed by atoms with Gasteiger partial charge in [-0.2, -0.15) is 0 Å². The third kappa shape index (κ3) is 6.32. The Kier molecular flexibility index (Phi) is 9.33. The fraction of sp³-hybridized carbons (Fsp3) is 0.0149. The lowest BCUT2D eigenvalue weighted by Crippen LogP contribution is -2.28. The largest absolute Gasteiger partial charge is 0.456 e. The van der Waals surface area contributed by atoms with E-state index in [0.717, 1.165) is 44.6 Å². The molecule has 0 atom stereocenters. The second-order valence-corrected chi connectivity index (χ2v) is 19.4. The predicted molar refractivity (Wildman–Crippen MR) is 295 cm³/mol. The molecular formula is C67H43NOS. The van der Waals surface area contributed by atoms with E-state index in [1.807, 2.05) is 23.5 Å². The van der Waals surface area contributed by atoms with Gasteiger partial charge in [-0.1, -0.05) is 194 Å². The van der Waals surface area contributed by atoms with E-state index in [9.17, 15) is 0 Å². The second kappa shape index (κ2) is 16.2. The van der Waals surface area contributed by atoms with Gasteiger partial charge in [0.2, 0.25) is 0 Å². The molecule has 328 valence electrons. The Labute approximate surface area is 410 Å². The summed E-state index contributed by atoms with van der Waals surface area (Å²) in [6, 6.07) is 95.7. The minimum atomic E-state index is -0.515. The third-order valence-electron chi connectivity index (χ3n) is 14.6. The number of furan rings is 1. The molecule has 0 fully saturated rings. The Morgan fingerprint density at radius 3 is 1.50 bits per heavy atom. The van der Waals surface area contributed by atoms with Crippen LogP contribution in [0.2, 0.25) is 0 Å². The highest BCUT2D eigenvalue weighted by molar-refractivity contribution is 7.25. The zero-order valence-electron chi connectivity index (χ0n) is 38.1. The van der Waals surface area contributed by atoms with Crippen molar-refractivity contribution in [2.45, 2.75) is 5.41 Å². The fourth-order valence-corrected chi connectivity index (χ4v) is 12.4. The van der Waals surface area contributed by atoms with Gasteiger partial charge in [-0.3, -0.25) is 0 Å². The number of anilines is 3. The van der Waals surface area contributed by atoms with Crippen molar-refractivity contribution in [2.75, 3.05) is 4.90 Å². The summed E-state index contributed by atoms with van der Waals surface area (Å²) in [6.07, 6.45) is 0. The van der Waals surface area contributed by atoms with Crippen molar-refractivity contribution in [3.8, 4) is 44.5 Å². The lowest BCUT2D eigenvalue weighted by atomic mass is 9.68. The molecule has 0 aliphatic heterocycles. The maximum absolute atomic E-state index is 6.13. The Bertz CT molecular complexity index is 4050. The van der Waals surface area contributed by atoms with Crippen LogP contribution < -0.4 is 4.90 Å². The molecule has 0 saturated heterocycles. The first kappa shape index (κ1) is 40.3. The van der Waals surface area contributed by atoms with Crippen molar-refractivity contribution in [1.29, 1.82) is 0 Å². The van der Waals surface area contributed by atoms with Gasteiger partial charge >= 0.3 is 0 Å². The highest BCUT2D eigenvalue weighted by Gasteiger charge is 2.47. The van der Waals surface area contributed by atoms with Gasteiger partial charge in [0.05, 0.1) is 11.1 Å². The molecule has 13 aromatic rings. The molecule has 2 nitrogen and oxygen atoms in total. The number of rotatable bonds is 8. The average Bonchev–Trinajstić information content (AvgIpc) is 4.10. The molecular weight excluding hydrogens is 867 g/mol. The van der Waals surface area contributed by atoms with E-state index in [1.54, 1.807) is 0 Å². The van der Waals surface area contributed by atoms with Crippen molar-refractivity contribution in [2.24, 2.45) is 0 Å². The number of nitrogens with zero attached hydrogens (tertiary/aromatic N) is 1. The molecule has 0 radical (unpaired) electrons. The number of hydrogen-bond acceptors (Lipinski definition) is 3. The Morgan fingerprint density at radius 2 is 0.814 bits per heavy atom. The van der Waals surface area contributed by atoms with Crippen molar-refractivity contribution in [3.63, 3.8) is 0 Å². The molecule has 70 heavy (non-hydrogen) atoms. The van der Waals surface area contributed by atoms with Gasteiger partial charge in [0.15, 0.2) is 0 Å². The van der Waals surface area contributed by atoms with Gasteiger partial charge in [-0.05, 0) is 128 Å². The lowest BCUT2D eigenvalue weighted by Gasteiger charge is -2.34. The van der Waals surface area contributed by atoms with Gasteiger partial charge < -0.3 is 9.32 Å². The van der Waals surface area contributed by atoms with E-state index in [-0.39, 0.29) is 0 Å².